The number of benzene rings is 3. The standard InChI is InChI=1S/C30H25N3O3S/c1-20-10-14-24(15-11-20)37-33-19-22(13-12-21-8-6-5-7-9-21)28-30(33)31-18-25(32-28)23-16-26(34-2)29(36-4)27(17-23)35-3/h5-11,14-19H,1-4H3. The van der Waals surface area contributed by atoms with Crippen molar-refractivity contribution in [2.75, 3.05) is 21.3 Å². The van der Waals surface area contributed by atoms with Gasteiger partial charge >= 0.3 is 0 Å². The molecular weight excluding hydrogens is 482 g/mol. The number of methoxy groups -OCH3 is 3. The lowest BCUT2D eigenvalue weighted by atomic mass is 10.1. The maximum absolute atomic E-state index is 5.54. The quantitative estimate of drug-likeness (QED) is 0.248. The first-order valence-corrected chi connectivity index (χ1v) is 12.4. The van der Waals surface area contributed by atoms with Crippen LogP contribution in [0.2, 0.25) is 0 Å². The van der Waals surface area contributed by atoms with Crippen molar-refractivity contribution in [3.05, 3.63) is 95.8 Å². The molecule has 0 bridgehead atoms. The van der Waals surface area contributed by atoms with Crippen LogP contribution in [0.5, 0.6) is 17.2 Å². The largest absolute Gasteiger partial charge is 0.493 e. The molecule has 0 radical (unpaired) electrons. The van der Waals surface area contributed by atoms with Crippen LogP contribution in [0.1, 0.15) is 16.7 Å². The minimum Gasteiger partial charge on any atom is -0.493 e. The Morgan fingerprint density at radius 3 is 2.19 bits per heavy atom. The van der Waals surface area contributed by atoms with Gasteiger partial charge in [-0.05, 0) is 55.3 Å². The van der Waals surface area contributed by atoms with E-state index >= 15 is 0 Å². The molecule has 0 saturated carbocycles. The number of fused-ring (bicyclic) bond motifs is 1. The lowest BCUT2D eigenvalue weighted by Crippen LogP contribution is -1.97. The molecule has 184 valence electrons. The molecule has 0 fully saturated rings. The van der Waals surface area contributed by atoms with Crippen LogP contribution >= 0.6 is 11.9 Å². The number of aryl methyl sites for hydroxylation is 1. The molecule has 0 aliphatic carbocycles. The molecule has 2 aromatic heterocycles. The Labute approximate surface area is 220 Å². The molecule has 2 heterocycles. The number of aromatic nitrogens is 3. The van der Waals surface area contributed by atoms with Crippen LogP contribution in [0.25, 0.3) is 22.4 Å². The van der Waals surface area contributed by atoms with Gasteiger partial charge in [-0.15, -0.1) is 0 Å². The summed E-state index contributed by atoms with van der Waals surface area (Å²) in [6.07, 6.45) is 3.74. The first-order chi connectivity index (χ1) is 18.1. The van der Waals surface area contributed by atoms with E-state index in [0.717, 1.165) is 27.2 Å². The summed E-state index contributed by atoms with van der Waals surface area (Å²) in [7, 11) is 4.77. The molecular formula is C30H25N3O3S. The van der Waals surface area contributed by atoms with Crippen LogP contribution in [0.15, 0.2) is 84.0 Å². The van der Waals surface area contributed by atoms with Crippen molar-refractivity contribution < 1.29 is 14.2 Å². The van der Waals surface area contributed by atoms with Gasteiger partial charge in [0.05, 0.1) is 38.8 Å². The Morgan fingerprint density at radius 1 is 0.838 bits per heavy atom. The highest BCUT2D eigenvalue weighted by atomic mass is 32.2. The number of hydrogen-bond donors (Lipinski definition) is 0. The van der Waals surface area contributed by atoms with E-state index in [1.807, 2.05) is 52.6 Å². The predicted molar refractivity (Wildman–Crippen MR) is 147 cm³/mol. The molecule has 0 spiro atoms. The van der Waals surface area contributed by atoms with Gasteiger partial charge in [0.25, 0.3) is 0 Å². The smallest absolute Gasteiger partial charge is 0.203 e. The lowest BCUT2D eigenvalue weighted by Gasteiger charge is -2.14. The first-order valence-electron chi connectivity index (χ1n) is 11.6. The Bertz CT molecular complexity index is 1590. The van der Waals surface area contributed by atoms with Gasteiger partial charge in [0, 0.05) is 22.2 Å². The fraction of sp³-hybridized carbons (Fsp3) is 0.133. The van der Waals surface area contributed by atoms with Crippen molar-refractivity contribution in [1.29, 1.82) is 0 Å². The topological polar surface area (TPSA) is 58.4 Å². The van der Waals surface area contributed by atoms with Gasteiger partial charge in [-0.25, -0.2) is 9.97 Å². The summed E-state index contributed by atoms with van der Waals surface area (Å²) in [6, 6.07) is 22.0. The molecule has 0 N–H and O–H groups in total. The van der Waals surface area contributed by atoms with Crippen molar-refractivity contribution in [3.8, 4) is 40.3 Å². The van der Waals surface area contributed by atoms with E-state index in [-0.39, 0.29) is 0 Å². The zero-order valence-electron chi connectivity index (χ0n) is 21.0. The number of hydrogen-bond acceptors (Lipinski definition) is 6. The van der Waals surface area contributed by atoms with Gasteiger partial charge in [0.1, 0.15) is 5.52 Å². The molecule has 0 atom stereocenters. The molecule has 0 aliphatic heterocycles. The molecule has 5 aromatic rings. The van der Waals surface area contributed by atoms with Gasteiger partial charge < -0.3 is 14.2 Å². The summed E-state index contributed by atoms with van der Waals surface area (Å²) in [5.41, 5.74) is 5.86. The second-order valence-corrected chi connectivity index (χ2v) is 9.28. The summed E-state index contributed by atoms with van der Waals surface area (Å²) < 4.78 is 18.6. The molecule has 0 unspecified atom stereocenters. The SMILES string of the molecule is COc1cc(-c2cnc3c(n2)c(C#Cc2ccccc2)cn3Sc2ccc(C)cc2)cc(OC)c1OC. The van der Waals surface area contributed by atoms with Gasteiger partial charge in [0.15, 0.2) is 17.1 Å². The van der Waals surface area contributed by atoms with E-state index < -0.39 is 0 Å². The van der Waals surface area contributed by atoms with Crippen molar-refractivity contribution in [2.24, 2.45) is 0 Å². The van der Waals surface area contributed by atoms with Crippen molar-refractivity contribution in [2.45, 2.75) is 11.8 Å². The number of nitrogens with zero attached hydrogens (tertiary/aromatic N) is 3. The lowest BCUT2D eigenvalue weighted by molar-refractivity contribution is 0.324. The Morgan fingerprint density at radius 2 is 1.54 bits per heavy atom. The van der Waals surface area contributed by atoms with Gasteiger partial charge in [-0.2, -0.15) is 0 Å². The summed E-state index contributed by atoms with van der Waals surface area (Å²) in [4.78, 5) is 10.9. The van der Waals surface area contributed by atoms with Crippen LogP contribution in [-0.4, -0.2) is 35.3 Å². The molecule has 7 heteroatoms. The number of ether oxygens (including phenoxy) is 3. The second kappa shape index (κ2) is 10.7. The van der Waals surface area contributed by atoms with Gasteiger partial charge in [-0.1, -0.05) is 47.7 Å². The maximum atomic E-state index is 5.54. The molecule has 6 nitrogen and oxygen atoms in total. The average molecular weight is 508 g/mol. The molecule has 0 saturated heterocycles. The van der Waals surface area contributed by atoms with E-state index in [1.165, 1.54) is 5.56 Å². The van der Waals surface area contributed by atoms with Gasteiger partial charge in [0.2, 0.25) is 5.75 Å². The first kappa shape index (κ1) is 24.3. The van der Waals surface area contributed by atoms with E-state index in [4.69, 9.17) is 24.2 Å². The van der Waals surface area contributed by atoms with Crippen LogP contribution in [-0.2, 0) is 0 Å². The minimum absolute atomic E-state index is 0.526. The maximum Gasteiger partial charge on any atom is 0.203 e. The molecule has 3 aromatic carbocycles. The molecule has 5 rings (SSSR count). The molecule has 0 aliphatic rings. The molecule has 37 heavy (non-hydrogen) atoms. The van der Waals surface area contributed by atoms with E-state index in [0.29, 0.717) is 28.5 Å². The third-order valence-corrected chi connectivity index (χ3v) is 6.72. The predicted octanol–water partition coefficient (Wildman–Crippen LogP) is 6.39. The minimum atomic E-state index is 0.526. The fourth-order valence-corrected chi connectivity index (χ4v) is 4.73. The normalized spacial score (nSPS) is 10.6. The Kier molecular flexibility index (Phi) is 7.02. The highest BCUT2D eigenvalue weighted by Crippen LogP contribution is 2.41. The highest BCUT2D eigenvalue weighted by molar-refractivity contribution is 7.98. The van der Waals surface area contributed by atoms with Crippen molar-refractivity contribution in [3.63, 3.8) is 0 Å². The fourth-order valence-electron chi connectivity index (χ4n) is 3.87. The summed E-state index contributed by atoms with van der Waals surface area (Å²) >= 11 is 1.58. The Hall–Kier alpha value is -4.41. The summed E-state index contributed by atoms with van der Waals surface area (Å²) in [6.45, 7) is 2.08. The third-order valence-electron chi connectivity index (χ3n) is 5.76. The zero-order valence-corrected chi connectivity index (χ0v) is 21.8. The van der Waals surface area contributed by atoms with E-state index in [1.54, 1.807) is 39.5 Å². The van der Waals surface area contributed by atoms with Crippen molar-refractivity contribution >= 4 is 23.1 Å². The molecule has 0 amide bonds. The van der Waals surface area contributed by atoms with Crippen LogP contribution in [0, 0.1) is 18.8 Å². The second-order valence-electron chi connectivity index (χ2n) is 8.23. The van der Waals surface area contributed by atoms with Crippen LogP contribution < -0.4 is 14.2 Å². The van der Waals surface area contributed by atoms with E-state index in [9.17, 15) is 0 Å². The van der Waals surface area contributed by atoms with E-state index in [2.05, 4.69) is 43.0 Å². The third kappa shape index (κ3) is 5.11. The monoisotopic (exact) mass is 507 g/mol. The summed E-state index contributed by atoms with van der Waals surface area (Å²) in [5, 5.41) is 0. The average Bonchev–Trinajstić information content (AvgIpc) is 3.29. The van der Waals surface area contributed by atoms with Crippen LogP contribution in [0.4, 0.5) is 0 Å². The highest BCUT2D eigenvalue weighted by Gasteiger charge is 2.17. The summed E-state index contributed by atoms with van der Waals surface area (Å²) in [5.74, 6) is 8.19. The van der Waals surface area contributed by atoms with Crippen molar-refractivity contribution in [1.82, 2.24) is 13.9 Å². The number of rotatable bonds is 6. The van der Waals surface area contributed by atoms with Gasteiger partial charge in [-0.3, -0.25) is 3.97 Å². The van der Waals surface area contributed by atoms with Crippen LogP contribution in [0.3, 0.4) is 0 Å². The Balaban J connectivity index is 1.64. The zero-order chi connectivity index (χ0) is 25.8.